The minimum atomic E-state index is -3.50. The molecule has 0 amide bonds. The first kappa shape index (κ1) is 15.2. The molecule has 0 spiro atoms. The molecule has 0 aliphatic rings. The standard InChI is InChI=1S/C12H22N2O3S/c1-10(2)5-4-8-14-18(15,16)12-7-6-11(17-12)9-13-3/h6-7,10,13-14H,4-5,8-9H2,1-3H3. The van der Waals surface area contributed by atoms with Crippen LogP contribution >= 0.6 is 0 Å². The predicted molar refractivity (Wildman–Crippen MR) is 70.7 cm³/mol. The maximum Gasteiger partial charge on any atom is 0.273 e. The molecule has 0 saturated carbocycles. The highest BCUT2D eigenvalue weighted by molar-refractivity contribution is 7.89. The van der Waals surface area contributed by atoms with Gasteiger partial charge >= 0.3 is 0 Å². The van der Waals surface area contributed by atoms with Gasteiger partial charge in [0.05, 0.1) is 6.54 Å². The number of nitrogens with one attached hydrogen (secondary N) is 2. The first-order valence-corrected chi connectivity index (χ1v) is 7.67. The van der Waals surface area contributed by atoms with E-state index in [9.17, 15) is 8.42 Å². The van der Waals surface area contributed by atoms with E-state index in [2.05, 4.69) is 23.9 Å². The van der Waals surface area contributed by atoms with Gasteiger partial charge in [-0.2, -0.15) is 0 Å². The van der Waals surface area contributed by atoms with Crippen LogP contribution in [0.5, 0.6) is 0 Å². The van der Waals surface area contributed by atoms with Crippen molar-refractivity contribution in [1.29, 1.82) is 0 Å². The van der Waals surface area contributed by atoms with Gasteiger partial charge < -0.3 is 9.73 Å². The van der Waals surface area contributed by atoms with Crippen LogP contribution in [0, 0.1) is 5.92 Å². The van der Waals surface area contributed by atoms with Crippen LogP contribution < -0.4 is 10.0 Å². The van der Waals surface area contributed by atoms with E-state index in [4.69, 9.17) is 4.42 Å². The fourth-order valence-electron chi connectivity index (χ4n) is 1.56. The summed E-state index contributed by atoms with van der Waals surface area (Å²) in [6.45, 7) is 5.20. The van der Waals surface area contributed by atoms with Gasteiger partial charge in [-0.25, -0.2) is 13.1 Å². The second kappa shape index (κ2) is 6.92. The van der Waals surface area contributed by atoms with E-state index in [1.165, 1.54) is 6.07 Å². The van der Waals surface area contributed by atoms with Crippen LogP contribution in [0.4, 0.5) is 0 Å². The van der Waals surface area contributed by atoms with Gasteiger partial charge in [0, 0.05) is 6.54 Å². The van der Waals surface area contributed by atoms with Gasteiger partial charge in [0.1, 0.15) is 5.76 Å². The molecule has 2 N–H and O–H groups in total. The molecule has 0 saturated heterocycles. The minimum Gasteiger partial charge on any atom is -0.447 e. The Labute approximate surface area is 109 Å². The second-order valence-corrected chi connectivity index (χ2v) is 6.38. The molecule has 0 aliphatic carbocycles. The molecule has 5 nitrogen and oxygen atoms in total. The van der Waals surface area contributed by atoms with E-state index in [-0.39, 0.29) is 5.09 Å². The van der Waals surface area contributed by atoms with Gasteiger partial charge in [-0.05, 0) is 37.9 Å². The van der Waals surface area contributed by atoms with E-state index in [1.807, 2.05) is 0 Å². The summed E-state index contributed by atoms with van der Waals surface area (Å²) in [5, 5.41) is 2.89. The van der Waals surface area contributed by atoms with E-state index in [0.717, 1.165) is 12.8 Å². The zero-order chi connectivity index (χ0) is 13.6. The van der Waals surface area contributed by atoms with Crippen molar-refractivity contribution >= 4 is 10.0 Å². The largest absolute Gasteiger partial charge is 0.447 e. The number of rotatable bonds is 8. The molecule has 1 rings (SSSR count). The molecule has 0 unspecified atom stereocenters. The van der Waals surface area contributed by atoms with Gasteiger partial charge in [-0.3, -0.25) is 0 Å². The molecule has 104 valence electrons. The minimum absolute atomic E-state index is 0.0164. The van der Waals surface area contributed by atoms with Crippen molar-refractivity contribution in [3.8, 4) is 0 Å². The summed E-state index contributed by atoms with van der Waals surface area (Å²) in [6.07, 6.45) is 1.84. The zero-order valence-corrected chi connectivity index (χ0v) is 12.0. The Morgan fingerprint density at radius 2 is 2.06 bits per heavy atom. The molecule has 0 fully saturated rings. The molecule has 0 aliphatic heterocycles. The Kier molecular flexibility index (Phi) is 5.84. The molecule has 0 aromatic carbocycles. The summed E-state index contributed by atoms with van der Waals surface area (Å²) in [4.78, 5) is 0. The molecule has 0 atom stereocenters. The van der Waals surface area contributed by atoms with Gasteiger partial charge in [0.25, 0.3) is 10.0 Å². The number of furan rings is 1. The zero-order valence-electron chi connectivity index (χ0n) is 11.2. The third kappa shape index (κ3) is 4.80. The maximum atomic E-state index is 11.9. The molecule has 0 radical (unpaired) electrons. The van der Waals surface area contributed by atoms with Crippen LogP contribution in [0.3, 0.4) is 0 Å². The molecule has 1 aromatic rings. The highest BCUT2D eigenvalue weighted by Gasteiger charge is 2.17. The van der Waals surface area contributed by atoms with Crippen LogP contribution in [0.1, 0.15) is 32.4 Å². The topological polar surface area (TPSA) is 71.3 Å². The van der Waals surface area contributed by atoms with Crippen molar-refractivity contribution in [3.63, 3.8) is 0 Å². The van der Waals surface area contributed by atoms with Crippen molar-refractivity contribution < 1.29 is 12.8 Å². The molecule has 1 aromatic heterocycles. The van der Waals surface area contributed by atoms with Crippen molar-refractivity contribution in [1.82, 2.24) is 10.0 Å². The fraction of sp³-hybridized carbons (Fsp3) is 0.667. The third-order valence-electron chi connectivity index (χ3n) is 2.50. The SMILES string of the molecule is CNCc1ccc(S(=O)(=O)NCCCC(C)C)o1. The van der Waals surface area contributed by atoms with Crippen molar-refractivity contribution in [3.05, 3.63) is 17.9 Å². The lowest BCUT2D eigenvalue weighted by molar-refractivity contribution is 0.404. The Balaban J connectivity index is 2.51. The molecule has 1 heterocycles. The van der Waals surface area contributed by atoms with E-state index >= 15 is 0 Å². The molecular weight excluding hydrogens is 252 g/mol. The van der Waals surface area contributed by atoms with Crippen LogP contribution in [0.2, 0.25) is 0 Å². The van der Waals surface area contributed by atoms with E-state index in [1.54, 1.807) is 13.1 Å². The summed E-state index contributed by atoms with van der Waals surface area (Å²) in [6, 6.07) is 3.15. The lowest BCUT2D eigenvalue weighted by atomic mass is 10.1. The quantitative estimate of drug-likeness (QED) is 0.708. The lowest BCUT2D eigenvalue weighted by Gasteiger charge is -2.06. The third-order valence-corrected chi connectivity index (χ3v) is 3.84. The number of hydrogen-bond acceptors (Lipinski definition) is 4. The van der Waals surface area contributed by atoms with E-state index < -0.39 is 10.0 Å². The Bertz CT molecular complexity index is 452. The van der Waals surface area contributed by atoms with Gasteiger partial charge in [0.2, 0.25) is 5.09 Å². The normalized spacial score (nSPS) is 12.2. The average Bonchev–Trinajstić information content (AvgIpc) is 2.74. The monoisotopic (exact) mass is 274 g/mol. The smallest absolute Gasteiger partial charge is 0.273 e. The van der Waals surface area contributed by atoms with Gasteiger partial charge in [-0.15, -0.1) is 0 Å². The van der Waals surface area contributed by atoms with E-state index in [0.29, 0.717) is 24.8 Å². The van der Waals surface area contributed by atoms with Gasteiger partial charge in [-0.1, -0.05) is 13.8 Å². The summed E-state index contributed by atoms with van der Waals surface area (Å²) < 4.78 is 31.5. The average molecular weight is 274 g/mol. The molecular formula is C12H22N2O3S. The van der Waals surface area contributed by atoms with Gasteiger partial charge in [0.15, 0.2) is 0 Å². The Morgan fingerprint density at radius 1 is 1.33 bits per heavy atom. The summed E-state index contributed by atoms with van der Waals surface area (Å²) in [7, 11) is -1.72. The molecule has 6 heteroatoms. The number of hydrogen-bond donors (Lipinski definition) is 2. The summed E-state index contributed by atoms with van der Waals surface area (Å²) >= 11 is 0. The van der Waals surface area contributed by atoms with Crippen molar-refractivity contribution in [2.45, 2.75) is 38.3 Å². The Hall–Kier alpha value is -0.850. The first-order valence-electron chi connectivity index (χ1n) is 6.18. The first-order chi connectivity index (χ1) is 8.45. The Morgan fingerprint density at radius 3 is 2.67 bits per heavy atom. The molecule has 18 heavy (non-hydrogen) atoms. The highest BCUT2D eigenvalue weighted by atomic mass is 32.2. The second-order valence-electron chi connectivity index (χ2n) is 4.68. The van der Waals surface area contributed by atoms with Crippen molar-refractivity contribution in [2.24, 2.45) is 5.92 Å². The van der Waals surface area contributed by atoms with Crippen LogP contribution in [0.15, 0.2) is 21.6 Å². The highest BCUT2D eigenvalue weighted by Crippen LogP contribution is 2.13. The summed E-state index contributed by atoms with van der Waals surface area (Å²) in [5.74, 6) is 1.19. The maximum absolute atomic E-state index is 11.9. The molecule has 0 bridgehead atoms. The predicted octanol–water partition coefficient (Wildman–Crippen LogP) is 1.71. The van der Waals surface area contributed by atoms with Crippen LogP contribution in [0.25, 0.3) is 0 Å². The fourth-order valence-corrected chi connectivity index (χ4v) is 2.58. The van der Waals surface area contributed by atoms with Crippen LogP contribution in [-0.2, 0) is 16.6 Å². The lowest BCUT2D eigenvalue weighted by Crippen LogP contribution is -2.24. The van der Waals surface area contributed by atoms with Crippen LogP contribution in [-0.4, -0.2) is 22.0 Å². The number of sulfonamides is 1. The van der Waals surface area contributed by atoms with Crippen molar-refractivity contribution in [2.75, 3.05) is 13.6 Å². The summed E-state index contributed by atoms with van der Waals surface area (Å²) in [5.41, 5.74) is 0.